The SMILES string of the molecule is COc1ccc(SCCC(=O)N2CCc3ccccc32)cc1. The summed E-state index contributed by atoms with van der Waals surface area (Å²) in [5, 5.41) is 0. The molecule has 3 rings (SSSR count). The standard InChI is InChI=1S/C18H19NO2S/c1-21-15-6-8-16(9-7-15)22-13-11-18(20)19-12-10-14-4-2-3-5-17(14)19/h2-9H,10-13H2,1H3. The van der Waals surface area contributed by atoms with Crippen LogP contribution in [0.3, 0.4) is 0 Å². The molecule has 1 aliphatic rings. The molecule has 0 saturated heterocycles. The van der Waals surface area contributed by atoms with Crippen molar-refractivity contribution in [3.05, 3.63) is 54.1 Å². The number of thioether (sulfide) groups is 1. The fourth-order valence-electron chi connectivity index (χ4n) is 2.66. The van der Waals surface area contributed by atoms with Crippen molar-refractivity contribution in [2.45, 2.75) is 17.7 Å². The molecule has 22 heavy (non-hydrogen) atoms. The molecule has 0 fully saturated rings. The van der Waals surface area contributed by atoms with Crippen LogP contribution in [0.4, 0.5) is 5.69 Å². The van der Waals surface area contributed by atoms with Gasteiger partial charge in [-0.25, -0.2) is 0 Å². The van der Waals surface area contributed by atoms with Gasteiger partial charge >= 0.3 is 0 Å². The van der Waals surface area contributed by atoms with Crippen molar-refractivity contribution in [3.63, 3.8) is 0 Å². The fraction of sp³-hybridized carbons (Fsp3) is 0.278. The van der Waals surface area contributed by atoms with Crippen LogP contribution in [0.15, 0.2) is 53.4 Å². The van der Waals surface area contributed by atoms with Crippen LogP contribution in [0.1, 0.15) is 12.0 Å². The van der Waals surface area contributed by atoms with Gasteiger partial charge in [-0.05, 0) is 42.3 Å². The number of nitrogens with zero attached hydrogens (tertiary/aromatic N) is 1. The third-order valence-corrected chi connectivity index (χ3v) is 4.85. The Kier molecular flexibility index (Phi) is 4.68. The Hall–Kier alpha value is -1.94. The summed E-state index contributed by atoms with van der Waals surface area (Å²) >= 11 is 1.70. The van der Waals surface area contributed by atoms with Gasteiger partial charge in [0, 0.05) is 29.3 Å². The lowest BCUT2D eigenvalue weighted by atomic mass is 10.2. The van der Waals surface area contributed by atoms with Crippen LogP contribution in [0, 0.1) is 0 Å². The van der Waals surface area contributed by atoms with E-state index in [1.54, 1.807) is 18.9 Å². The second-order valence-corrected chi connectivity index (χ2v) is 6.37. The van der Waals surface area contributed by atoms with Crippen LogP contribution in [0.25, 0.3) is 0 Å². The molecule has 0 atom stereocenters. The molecule has 0 N–H and O–H groups in total. The van der Waals surface area contributed by atoms with E-state index in [0.29, 0.717) is 6.42 Å². The van der Waals surface area contributed by atoms with Gasteiger partial charge in [0.05, 0.1) is 7.11 Å². The monoisotopic (exact) mass is 313 g/mol. The summed E-state index contributed by atoms with van der Waals surface area (Å²) in [5.41, 5.74) is 2.36. The molecule has 3 nitrogen and oxygen atoms in total. The Morgan fingerprint density at radius 3 is 2.73 bits per heavy atom. The van der Waals surface area contributed by atoms with Gasteiger partial charge in [-0.2, -0.15) is 0 Å². The zero-order chi connectivity index (χ0) is 15.4. The van der Waals surface area contributed by atoms with E-state index >= 15 is 0 Å². The molecular weight excluding hydrogens is 294 g/mol. The van der Waals surface area contributed by atoms with E-state index < -0.39 is 0 Å². The van der Waals surface area contributed by atoms with E-state index in [4.69, 9.17) is 4.74 Å². The van der Waals surface area contributed by atoms with E-state index in [0.717, 1.165) is 35.1 Å². The Labute approximate surface area is 135 Å². The van der Waals surface area contributed by atoms with Crippen molar-refractivity contribution in [2.24, 2.45) is 0 Å². The third-order valence-electron chi connectivity index (χ3n) is 3.83. The molecule has 1 aliphatic heterocycles. The highest BCUT2D eigenvalue weighted by Crippen LogP contribution is 2.28. The first-order chi connectivity index (χ1) is 10.8. The minimum atomic E-state index is 0.214. The first-order valence-electron chi connectivity index (χ1n) is 7.43. The summed E-state index contributed by atoms with van der Waals surface area (Å²) in [6.07, 6.45) is 1.53. The second kappa shape index (κ2) is 6.88. The van der Waals surface area contributed by atoms with Crippen molar-refractivity contribution >= 4 is 23.4 Å². The highest BCUT2D eigenvalue weighted by molar-refractivity contribution is 7.99. The number of carbonyl (C=O) groups excluding carboxylic acids is 1. The fourth-order valence-corrected chi connectivity index (χ4v) is 3.50. The Morgan fingerprint density at radius 2 is 1.95 bits per heavy atom. The molecule has 1 amide bonds. The number of hydrogen-bond donors (Lipinski definition) is 0. The summed E-state index contributed by atoms with van der Waals surface area (Å²) in [7, 11) is 1.66. The van der Waals surface area contributed by atoms with E-state index in [-0.39, 0.29) is 5.91 Å². The van der Waals surface area contributed by atoms with Gasteiger partial charge in [0.15, 0.2) is 0 Å². The maximum absolute atomic E-state index is 12.4. The predicted octanol–water partition coefficient (Wildman–Crippen LogP) is 3.77. The van der Waals surface area contributed by atoms with Crippen molar-refractivity contribution in [1.29, 1.82) is 0 Å². The number of rotatable bonds is 5. The lowest BCUT2D eigenvalue weighted by Gasteiger charge is -2.17. The number of carbonyl (C=O) groups is 1. The molecule has 0 aliphatic carbocycles. The number of para-hydroxylation sites is 1. The minimum absolute atomic E-state index is 0.214. The normalized spacial score (nSPS) is 13.0. The summed E-state index contributed by atoms with van der Waals surface area (Å²) in [6.45, 7) is 0.811. The number of benzene rings is 2. The molecule has 2 aromatic rings. The average Bonchev–Trinajstić information content (AvgIpc) is 2.99. The Morgan fingerprint density at radius 1 is 1.18 bits per heavy atom. The molecule has 0 radical (unpaired) electrons. The number of ether oxygens (including phenoxy) is 1. The summed E-state index contributed by atoms with van der Waals surface area (Å²) in [5.74, 6) is 1.86. The van der Waals surface area contributed by atoms with Crippen molar-refractivity contribution in [1.82, 2.24) is 0 Å². The van der Waals surface area contributed by atoms with Gasteiger partial charge in [-0.15, -0.1) is 11.8 Å². The molecule has 0 spiro atoms. The third kappa shape index (κ3) is 3.28. The lowest BCUT2D eigenvalue weighted by molar-refractivity contribution is -0.118. The summed E-state index contributed by atoms with van der Waals surface area (Å²) in [4.78, 5) is 15.5. The van der Waals surface area contributed by atoms with Gasteiger partial charge in [0.2, 0.25) is 5.91 Å². The minimum Gasteiger partial charge on any atom is -0.497 e. The number of fused-ring (bicyclic) bond motifs is 1. The molecule has 1 heterocycles. The van der Waals surface area contributed by atoms with E-state index in [2.05, 4.69) is 6.07 Å². The lowest BCUT2D eigenvalue weighted by Crippen LogP contribution is -2.29. The van der Waals surface area contributed by atoms with E-state index in [1.807, 2.05) is 47.4 Å². The van der Waals surface area contributed by atoms with Crippen molar-refractivity contribution in [2.75, 3.05) is 24.3 Å². The van der Waals surface area contributed by atoms with E-state index in [1.165, 1.54) is 5.56 Å². The maximum Gasteiger partial charge on any atom is 0.227 e. The number of amides is 1. The molecule has 114 valence electrons. The summed E-state index contributed by atoms with van der Waals surface area (Å²) < 4.78 is 5.14. The molecule has 4 heteroatoms. The molecule has 0 bridgehead atoms. The van der Waals surface area contributed by atoms with Crippen molar-refractivity contribution in [3.8, 4) is 5.75 Å². The van der Waals surface area contributed by atoms with Crippen LogP contribution in [0.2, 0.25) is 0 Å². The van der Waals surface area contributed by atoms with E-state index in [9.17, 15) is 4.79 Å². The Bertz CT molecular complexity index is 654. The van der Waals surface area contributed by atoms with Crippen LogP contribution < -0.4 is 9.64 Å². The molecular formula is C18H19NO2S. The van der Waals surface area contributed by atoms with Gasteiger partial charge in [-0.1, -0.05) is 18.2 Å². The number of methoxy groups -OCH3 is 1. The highest BCUT2D eigenvalue weighted by atomic mass is 32.2. The van der Waals surface area contributed by atoms with Crippen LogP contribution in [0.5, 0.6) is 5.75 Å². The van der Waals surface area contributed by atoms with Gasteiger partial charge < -0.3 is 9.64 Å². The highest BCUT2D eigenvalue weighted by Gasteiger charge is 2.23. The molecule has 0 unspecified atom stereocenters. The number of anilines is 1. The first-order valence-corrected chi connectivity index (χ1v) is 8.41. The van der Waals surface area contributed by atoms with Gasteiger partial charge in [0.25, 0.3) is 0 Å². The van der Waals surface area contributed by atoms with Crippen LogP contribution in [-0.2, 0) is 11.2 Å². The summed E-state index contributed by atoms with van der Waals surface area (Å²) in [6, 6.07) is 16.1. The molecule has 2 aromatic carbocycles. The van der Waals surface area contributed by atoms with Gasteiger partial charge in [-0.3, -0.25) is 4.79 Å². The number of hydrogen-bond acceptors (Lipinski definition) is 3. The largest absolute Gasteiger partial charge is 0.497 e. The average molecular weight is 313 g/mol. The quantitative estimate of drug-likeness (QED) is 0.787. The first kappa shape index (κ1) is 15.0. The molecule has 0 saturated carbocycles. The molecule has 0 aromatic heterocycles. The van der Waals surface area contributed by atoms with Crippen LogP contribution in [-0.4, -0.2) is 25.3 Å². The zero-order valence-electron chi connectivity index (χ0n) is 12.6. The smallest absolute Gasteiger partial charge is 0.227 e. The van der Waals surface area contributed by atoms with Gasteiger partial charge in [0.1, 0.15) is 5.75 Å². The zero-order valence-corrected chi connectivity index (χ0v) is 13.4. The van der Waals surface area contributed by atoms with Crippen molar-refractivity contribution < 1.29 is 9.53 Å². The second-order valence-electron chi connectivity index (χ2n) is 5.20. The predicted molar refractivity (Wildman–Crippen MR) is 90.8 cm³/mol. The Balaban J connectivity index is 1.52. The maximum atomic E-state index is 12.4. The van der Waals surface area contributed by atoms with Crippen LogP contribution >= 0.6 is 11.8 Å². The topological polar surface area (TPSA) is 29.5 Å².